The maximum absolute atomic E-state index is 13.6. The summed E-state index contributed by atoms with van der Waals surface area (Å²) in [6.07, 6.45) is 3.45. The van der Waals surface area contributed by atoms with E-state index in [2.05, 4.69) is 60.3 Å². The van der Waals surface area contributed by atoms with E-state index in [-0.39, 0.29) is 18.4 Å². The van der Waals surface area contributed by atoms with Gasteiger partial charge in [-0.3, -0.25) is 0 Å². The maximum atomic E-state index is 13.6. The van der Waals surface area contributed by atoms with E-state index in [4.69, 9.17) is 5.73 Å². The van der Waals surface area contributed by atoms with Crippen LogP contribution in [0.2, 0.25) is 0 Å². The number of aliphatic hydroxyl groups excluding tert-OH is 1. The van der Waals surface area contributed by atoms with Crippen molar-refractivity contribution in [3.8, 4) is 0 Å². The summed E-state index contributed by atoms with van der Waals surface area (Å²) in [5, 5.41) is 14.6. The number of fused-ring (bicyclic) bond motifs is 1. The molecule has 0 fully saturated rings. The molecule has 1 unspecified atom stereocenters. The Hall–Kier alpha value is -2.74. The Balaban J connectivity index is 1.58. The van der Waals surface area contributed by atoms with Crippen LogP contribution in [0.15, 0.2) is 48.7 Å². The number of aromatic nitrogens is 2. The zero-order valence-corrected chi connectivity index (χ0v) is 21.5. The van der Waals surface area contributed by atoms with Crippen molar-refractivity contribution in [2.45, 2.75) is 76.5 Å². The molecule has 0 radical (unpaired) electrons. The highest BCUT2D eigenvalue weighted by atomic mass is 19.1. The molecular weight excluding hydrogens is 458 g/mol. The van der Waals surface area contributed by atoms with Gasteiger partial charge in [-0.2, -0.15) is 0 Å². The first-order valence-electron chi connectivity index (χ1n) is 12.5. The van der Waals surface area contributed by atoms with Gasteiger partial charge in [-0.25, -0.2) is 18.7 Å². The first-order valence-corrected chi connectivity index (χ1v) is 12.5. The highest BCUT2D eigenvalue weighted by molar-refractivity contribution is 5.37. The largest absolute Gasteiger partial charge is 0.390 e. The standard InChI is InChI=1S/C29H36F2N4O/c1-18-33-16-20-15-29(9-8-26(20)35-18,22-7-5-6-21(13-22)28(2,3)4)34-17-27(36)25(32)12-19-10-23(30)14-24(31)11-19/h5-7,10-11,13-14,16,25,27,34,36H,8-9,12,15,17,32H2,1-4H3/t25-,27+,29?/m0/s1. The van der Waals surface area contributed by atoms with Crippen molar-refractivity contribution >= 4 is 0 Å². The molecule has 192 valence electrons. The Morgan fingerprint density at radius 2 is 1.86 bits per heavy atom. The van der Waals surface area contributed by atoms with Gasteiger partial charge in [0, 0.05) is 36.1 Å². The van der Waals surface area contributed by atoms with Gasteiger partial charge in [0.15, 0.2) is 0 Å². The molecule has 0 amide bonds. The Morgan fingerprint density at radius 3 is 2.56 bits per heavy atom. The molecule has 3 atom stereocenters. The number of hydrogen-bond donors (Lipinski definition) is 3. The normalized spacial score (nSPS) is 19.6. The maximum Gasteiger partial charge on any atom is 0.126 e. The average Bonchev–Trinajstić information content (AvgIpc) is 2.81. The molecule has 0 bridgehead atoms. The highest BCUT2D eigenvalue weighted by Gasteiger charge is 2.38. The quantitative estimate of drug-likeness (QED) is 0.457. The first-order chi connectivity index (χ1) is 16.9. The fraction of sp³-hybridized carbons (Fsp3) is 0.448. The monoisotopic (exact) mass is 494 g/mol. The lowest BCUT2D eigenvalue weighted by molar-refractivity contribution is 0.123. The Morgan fingerprint density at radius 1 is 1.14 bits per heavy atom. The Labute approximate surface area is 212 Å². The summed E-state index contributed by atoms with van der Waals surface area (Å²) in [6, 6.07) is 11.3. The van der Waals surface area contributed by atoms with Crippen LogP contribution in [0.25, 0.3) is 0 Å². The number of nitrogens with one attached hydrogen (secondary N) is 1. The molecule has 4 N–H and O–H groups in total. The number of hydrogen-bond acceptors (Lipinski definition) is 5. The van der Waals surface area contributed by atoms with Gasteiger partial charge in [-0.15, -0.1) is 0 Å². The number of rotatable bonds is 7. The average molecular weight is 495 g/mol. The van der Waals surface area contributed by atoms with Crippen LogP contribution in [-0.4, -0.2) is 33.8 Å². The van der Waals surface area contributed by atoms with E-state index in [1.54, 1.807) is 0 Å². The number of nitrogens with two attached hydrogens (primary N) is 1. The van der Waals surface area contributed by atoms with Crippen molar-refractivity contribution in [1.82, 2.24) is 15.3 Å². The molecule has 1 aliphatic rings. The molecule has 5 nitrogen and oxygen atoms in total. The minimum atomic E-state index is -0.908. The summed E-state index contributed by atoms with van der Waals surface area (Å²) >= 11 is 0. The van der Waals surface area contributed by atoms with E-state index in [0.717, 1.165) is 41.6 Å². The molecule has 1 aliphatic carbocycles. The smallest absolute Gasteiger partial charge is 0.126 e. The fourth-order valence-electron chi connectivity index (χ4n) is 5.02. The van der Waals surface area contributed by atoms with E-state index in [1.165, 1.54) is 17.7 Å². The van der Waals surface area contributed by atoms with Crippen molar-refractivity contribution in [1.29, 1.82) is 0 Å². The van der Waals surface area contributed by atoms with Gasteiger partial charge >= 0.3 is 0 Å². The number of aliphatic hydroxyl groups is 1. The van der Waals surface area contributed by atoms with Crippen molar-refractivity contribution in [3.05, 3.63) is 94.1 Å². The lowest BCUT2D eigenvalue weighted by Gasteiger charge is -2.41. The Bertz CT molecular complexity index is 1210. The van der Waals surface area contributed by atoms with Crippen LogP contribution in [0.4, 0.5) is 8.78 Å². The van der Waals surface area contributed by atoms with Crippen LogP contribution in [-0.2, 0) is 30.2 Å². The predicted molar refractivity (Wildman–Crippen MR) is 138 cm³/mol. The molecule has 7 heteroatoms. The van der Waals surface area contributed by atoms with Crippen molar-refractivity contribution < 1.29 is 13.9 Å². The predicted octanol–water partition coefficient (Wildman–Crippen LogP) is 4.27. The van der Waals surface area contributed by atoms with Gasteiger partial charge in [-0.1, -0.05) is 45.0 Å². The van der Waals surface area contributed by atoms with Gasteiger partial charge in [0.1, 0.15) is 17.5 Å². The van der Waals surface area contributed by atoms with E-state index >= 15 is 0 Å². The summed E-state index contributed by atoms with van der Waals surface area (Å²) < 4.78 is 27.2. The fourth-order valence-corrected chi connectivity index (χ4v) is 5.02. The third kappa shape index (κ3) is 5.97. The summed E-state index contributed by atoms with van der Waals surface area (Å²) in [6.45, 7) is 8.71. The molecule has 4 rings (SSSR count). The van der Waals surface area contributed by atoms with Crippen LogP contribution < -0.4 is 11.1 Å². The van der Waals surface area contributed by atoms with Gasteiger partial charge in [0.05, 0.1) is 6.10 Å². The van der Waals surface area contributed by atoms with Gasteiger partial charge in [0.25, 0.3) is 0 Å². The van der Waals surface area contributed by atoms with Gasteiger partial charge in [0.2, 0.25) is 0 Å². The van der Waals surface area contributed by atoms with Crippen LogP contribution in [0.1, 0.15) is 61.0 Å². The van der Waals surface area contributed by atoms with Crippen molar-refractivity contribution in [2.24, 2.45) is 5.73 Å². The minimum Gasteiger partial charge on any atom is -0.390 e. The molecule has 1 heterocycles. The van der Waals surface area contributed by atoms with Crippen LogP contribution in [0.5, 0.6) is 0 Å². The summed E-state index contributed by atoms with van der Waals surface area (Å²) in [5.41, 5.74) is 10.8. The van der Waals surface area contributed by atoms with Crippen LogP contribution >= 0.6 is 0 Å². The zero-order chi connectivity index (χ0) is 26.1. The summed E-state index contributed by atoms with van der Waals surface area (Å²) in [4.78, 5) is 9.07. The van der Waals surface area contributed by atoms with Crippen LogP contribution in [0, 0.1) is 18.6 Å². The topological polar surface area (TPSA) is 84.1 Å². The molecule has 3 aromatic rings. The molecule has 0 saturated heterocycles. The summed E-state index contributed by atoms with van der Waals surface area (Å²) in [7, 11) is 0. The summed E-state index contributed by atoms with van der Waals surface area (Å²) in [5.74, 6) is -0.541. The molecule has 1 aromatic heterocycles. The van der Waals surface area contributed by atoms with Crippen molar-refractivity contribution in [2.75, 3.05) is 6.54 Å². The molecule has 0 saturated carbocycles. The lowest BCUT2D eigenvalue weighted by Crippen LogP contribution is -2.52. The van der Waals surface area contributed by atoms with Crippen LogP contribution in [0.3, 0.4) is 0 Å². The second-order valence-corrected chi connectivity index (χ2v) is 11.1. The highest BCUT2D eigenvalue weighted by Crippen LogP contribution is 2.37. The second-order valence-electron chi connectivity index (χ2n) is 11.1. The molecular formula is C29H36F2N4O. The molecule has 0 spiro atoms. The van der Waals surface area contributed by atoms with Gasteiger partial charge in [-0.05, 0) is 72.4 Å². The van der Waals surface area contributed by atoms with E-state index < -0.39 is 29.3 Å². The minimum absolute atomic E-state index is 0.00784. The first kappa shape index (κ1) is 26.3. The van der Waals surface area contributed by atoms with Gasteiger partial charge < -0.3 is 16.2 Å². The van der Waals surface area contributed by atoms with E-state index in [0.29, 0.717) is 12.0 Å². The number of nitrogens with zero attached hydrogens (tertiary/aromatic N) is 2. The van der Waals surface area contributed by atoms with E-state index in [9.17, 15) is 13.9 Å². The molecule has 0 aliphatic heterocycles. The van der Waals surface area contributed by atoms with Crippen molar-refractivity contribution in [3.63, 3.8) is 0 Å². The third-order valence-corrected chi connectivity index (χ3v) is 7.17. The molecule has 36 heavy (non-hydrogen) atoms. The zero-order valence-electron chi connectivity index (χ0n) is 21.5. The number of aryl methyl sites for hydroxylation is 2. The molecule has 2 aromatic carbocycles. The SMILES string of the molecule is Cc1ncc2c(n1)CCC(NC[C@@H](O)[C@@H](N)Cc1cc(F)cc(F)c1)(c1cccc(C(C)(C)C)c1)C2. The van der Waals surface area contributed by atoms with E-state index in [1.807, 2.05) is 13.1 Å². The second kappa shape index (κ2) is 10.3. The lowest BCUT2D eigenvalue weighted by atomic mass is 9.73. The number of halogens is 2. The number of benzene rings is 2. The Kier molecular flexibility index (Phi) is 7.55. The third-order valence-electron chi connectivity index (χ3n) is 7.17.